The van der Waals surface area contributed by atoms with Crippen LogP contribution in [0.1, 0.15) is 19.4 Å². The van der Waals surface area contributed by atoms with Crippen molar-refractivity contribution < 1.29 is 32.7 Å². The third-order valence-electron chi connectivity index (χ3n) is 2.92. The molecule has 1 heterocycles. The quantitative estimate of drug-likeness (QED) is 0.730. The van der Waals surface area contributed by atoms with E-state index in [-0.39, 0.29) is 32.7 Å². The number of hydrogen-bond acceptors (Lipinski definition) is 1. The molecule has 2 rings (SSSR count). The fourth-order valence-corrected chi connectivity index (χ4v) is 2.14. The maximum absolute atomic E-state index is 6.23. The zero-order valence-corrected chi connectivity index (χ0v) is 14.3. The molecule has 0 saturated heterocycles. The Labute approximate surface area is 139 Å². The smallest absolute Gasteiger partial charge is 0.0169 e. The number of nitrogens with zero attached hydrogens (tertiary/aromatic N) is 1. The molecule has 1 nitrogen and oxygen atoms in total. The largest absolute Gasteiger partial charge is 0.376 e. The van der Waals surface area contributed by atoms with E-state index in [1.54, 1.807) is 0 Å². The maximum Gasteiger partial charge on any atom is 0.0169 e. The summed E-state index contributed by atoms with van der Waals surface area (Å²) in [7, 11) is 0. The Morgan fingerprint density at radius 2 is 2.00 bits per heavy atom. The van der Waals surface area contributed by atoms with E-state index in [4.69, 9.17) is 11.6 Å². The van der Waals surface area contributed by atoms with Crippen molar-refractivity contribution in [3.8, 4) is 0 Å². The number of likely N-dealkylation sites (N-methyl/N-ethyl adjacent to an activating group) is 1. The third-order valence-corrected chi connectivity index (χ3v) is 3.25. The van der Waals surface area contributed by atoms with Gasteiger partial charge in [0.2, 0.25) is 0 Å². The molecule has 91 valence electrons. The van der Waals surface area contributed by atoms with E-state index in [0.717, 1.165) is 34.1 Å². The number of rotatable bonds is 2. The zero-order valence-electron chi connectivity index (χ0n) is 10.7. The molecule has 1 aromatic rings. The Kier molecular flexibility index (Phi) is 5.84. The van der Waals surface area contributed by atoms with Gasteiger partial charge in [-0.1, -0.05) is 54.6 Å². The van der Waals surface area contributed by atoms with Crippen molar-refractivity contribution in [1.29, 1.82) is 0 Å². The number of benzene rings is 1. The van der Waals surface area contributed by atoms with Crippen molar-refractivity contribution in [2.45, 2.75) is 13.8 Å². The van der Waals surface area contributed by atoms with Gasteiger partial charge in [-0.15, -0.1) is 11.6 Å². The summed E-state index contributed by atoms with van der Waals surface area (Å²) < 4.78 is 0. The molecule has 3 heteroatoms. The fourth-order valence-electron chi connectivity index (χ4n) is 1.91. The molecule has 18 heavy (non-hydrogen) atoms. The van der Waals surface area contributed by atoms with E-state index in [1.807, 2.05) is 37.3 Å². The molecule has 1 radical (unpaired) electrons. The molecule has 0 amide bonds. The van der Waals surface area contributed by atoms with Crippen LogP contribution in [0.15, 0.2) is 48.2 Å². The molecule has 1 aromatic carbocycles. The van der Waals surface area contributed by atoms with Crippen LogP contribution < -0.4 is 0 Å². The summed E-state index contributed by atoms with van der Waals surface area (Å²) in [6.07, 6.45) is 5.26. The second-order valence-electron chi connectivity index (χ2n) is 3.99. The molecule has 0 atom stereocenters. The Morgan fingerprint density at radius 3 is 2.61 bits per heavy atom. The van der Waals surface area contributed by atoms with Crippen molar-refractivity contribution in [3.63, 3.8) is 0 Å². The van der Waals surface area contributed by atoms with Crippen LogP contribution in [0, 0.1) is 6.08 Å². The average molecular weight is 334 g/mol. The molecule has 1 aliphatic rings. The van der Waals surface area contributed by atoms with Gasteiger partial charge in [-0.3, -0.25) is 0 Å². The molecule has 0 saturated carbocycles. The molecule has 0 bridgehead atoms. The van der Waals surface area contributed by atoms with Gasteiger partial charge in [0, 0.05) is 39.3 Å². The average Bonchev–Trinajstić information content (AvgIpc) is 2.33. The van der Waals surface area contributed by atoms with Gasteiger partial charge in [0.15, 0.2) is 0 Å². The summed E-state index contributed by atoms with van der Waals surface area (Å²) in [5.41, 5.74) is 4.15. The summed E-state index contributed by atoms with van der Waals surface area (Å²) >= 11 is 6.23. The fraction of sp³-hybridized carbons (Fsp3) is 0.200. The first kappa shape index (κ1) is 15.7. The number of allylic oxidation sites excluding steroid dienone is 3. The molecule has 0 aromatic heterocycles. The maximum atomic E-state index is 6.23. The van der Waals surface area contributed by atoms with Gasteiger partial charge in [0.25, 0.3) is 0 Å². The summed E-state index contributed by atoms with van der Waals surface area (Å²) in [6.45, 7) is 9.11. The molecular formula is C15H15ClNY-. The van der Waals surface area contributed by atoms with E-state index in [9.17, 15) is 0 Å². The normalized spacial score (nSPS) is 14.8. The van der Waals surface area contributed by atoms with Crippen LogP contribution in [0.25, 0.3) is 5.70 Å². The van der Waals surface area contributed by atoms with Gasteiger partial charge in [0.1, 0.15) is 0 Å². The second kappa shape index (κ2) is 6.70. The number of hydrogen-bond donors (Lipinski definition) is 0. The molecule has 1 aliphatic heterocycles. The molecule has 0 aliphatic carbocycles. The van der Waals surface area contributed by atoms with E-state index in [2.05, 4.69) is 24.5 Å². The molecule has 0 N–H and O–H groups in total. The predicted molar refractivity (Wildman–Crippen MR) is 73.4 cm³/mol. The first-order valence-corrected chi connectivity index (χ1v) is 6.05. The van der Waals surface area contributed by atoms with Gasteiger partial charge < -0.3 is 4.90 Å². The minimum atomic E-state index is 0. The van der Waals surface area contributed by atoms with Crippen molar-refractivity contribution in [3.05, 3.63) is 64.9 Å². The Morgan fingerprint density at radius 1 is 1.33 bits per heavy atom. The number of halogens is 1. The van der Waals surface area contributed by atoms with Crippen molar-refractivity contribution >= 4 is 17.3 Å². The van der Waals surface area contributed by atoms with Crippen molar-refractivity contribution in [2.75, 3.05) is 6.54 Å². The Balaban J connectivity index is 0.00000162. The summed E-state index contributed by atoms with van der Waals surface area (Å²) in [5.74, 6) is 0. The van der Waals surface area contributed by atoms with E-state index in [0.29, 0.717) is 0 Å². The van der Waals surface area contributed by atoms with E-state index < -0.39 is 0 Å². The van der Waals surface area contributed by atoms with Crippen LogP contribution >= 0.6 is 11.6 Å². The minimum absolute atomic E-state index is 0. The van der Waals surface area contributed by atoms with E-state index >= 15 is 0 Å². The van der Waals surface area contributed by atoms with Gasteiger partial charge in [0.05, 0.1) is 0 Å². The first-order valence-electron chi connectivity index (χ1n) is 5.67. The van der Waals surface area contributed by atoms with E-state index in [1.165, 1.54) is 0 Å². The Bertz CT molecular complexity index is 517. The standard InChI is InChI=1S/C15H15ClN.Y/c1-4-17-12(3)11(2)9-10-15(17)13-7-5-6-8-14(13)16;/h5-9H,3-4H2,1-2H3;/q-1;. The zero-order chi connectivity index (χ0) is 12.4. The molecular weight excluding hydrogens is 319 g/mol. The monoisotopic (exact) mass is 333 g/mol. The first-order chi connectivity index (χ1) is 8.15. The van der Waals surface area contributed by atoms with Crippen molar-refractivity contribution in [2.24, 2.45) is 0 Å². The van der Waals surface area contributed by atoms with Crippen LogP contribution in [-0.4, -0.2) is 11.4 Å². The van der Waals surface area contributed by atoms with Crippen molar-refractivity contribution in [1.82, 2.24) is 4.90 Å². The topological polar surface area (TPSA) is 3.24 Å². The van der Waals surface area contributed by atoms with Crippen LogP contribution in [0.4, 0.5) is 0 Å². The third kappa shape index (κ3) is 2.96. The second-order valence-corrected chi connectivity index (χ2v) is 4.40. The van der Waals surface area contributed by atoms with Crippen LogP contribution in [-0.2, 0) is 32.7 Å². The van der Waals surface area contributed by atoms with Gasteiger partial charge in [-0.25, -0.2) is 0 Å². The van der Waals surface area contributed by atoms with Crippen LogP contribution in [0.3, 0.4) is 0 Å². The molecule has 0 fully saturated rings. The molecule has 0 spiro atoms. The minimum Gasteiger partial charge on any atom is -0.376 e. The van der Waals surface area contributed by atoms with Gasteiger partial charge >= 0.3 is 0 Å². The van der Waals surface area contributed by atoms with Gasteiger partial charge in [-0.2, -0.15) is 12.2 Å². The SMILES string of the molecule is C=C1C(C)=C[C-]=C(c2ccccc2Cl)N1CC.[Y]. The Hall–Kier alpha value is -0.366. The van der Waals surface area contributed by atoms with Gasteiger partial charge in [-0.05, 0) is 17.6 Å². The molecule has 0 unspecified atom stereocenters. The summed E-state index contributed by atoms with van der Waals surface area (Å²) in [4.78, 5) is 2.14. The summed E-state index contributed by atoms with van der Waals surface area (Å²) in [5, 5.41) is 0.745. The predicted octanol–water partition coefficient (Wildman–Crippen LogP) is 4.28. The van der Waals surface area contributed by atoms with Crippen LogP contribution in [0.5, 0.6) is 0 Å². The summed E-state index contributed by atoms with van der Waals surface area (Å²) in [6, 6.07) is 7.82. The van der Waals surface area contributed by atoms with Crippen LogP contribution in [0.2, 0.25) is 5.02 Å².